The Morgan fingerprint density at radius 1 is 1.10 bits per heavy atom. The van der Waals surface area contributed by atoms with Gasteiger partial charge in [-0.05, 0) is 11.6 Å². The zero-order valence-corrected chi connectivity index (χ0v) is 21.3. The standard InChI is InChI=1S/C27H24F2N4O7/c1-38-10-9-31-15-32-27(37)40-14-20-21(25(35)30-12-17-7-8-18(28)11-19(17)29)23(34)24(22(26(31)36)33(20)32)39-13-16-5-3-2-4-6-16/h2-8,11H,9-10,12-15H2,1H3,(H,30,35). The summed E-state index contributed by atoms with van der Waals surface area (Å²) in [4.78, 5) is 54.8. The maximum atomic E-state index is 14.2. The minimum atomic E-state index is -0.921. The molecule has 0 unspecified atom stereocenters. The van der Waals surface area contributed by atoms with Crippen molar-refractivity contribution in [3.8, 4) is 5.75 Å². The Labute approximate surface area is 226 Å². The van der Waals surface area contributed by atoms with Crippen LogP contribution in [0.3, 0.4) is 0 Å². The molecule has 1 aromatic heterocycles. The van der Waals surface area contributed by atoms with Gasteiger partial charge in [-0.15, -0.1) is 0 Å². The number of hydrogen-bond acceptors (Lipinski definition) is 7. The summed E-state index contributed by atoms with van der Waals surface area (Å²) in [7, 11) is 1.46. The minimum Gasteiger partial charge on any atom is -0.482 e. The fourth-order valence-corrected chi connectivity index (χ4v) is 4.46. The monoisotopic (exact) mass is 554 g/mol. The van der Waals surface area contributed by atoms with Gasteiger partial charge in [0.2, 0.25) is 5.43 Å². The average molecular weight is 555 g/mol. The Kier molecular flexibility index (Phi) is 7.47. The van der Waals surface area contributed by atoms with E-state index >= 15 is 0 Å². The van der Waals surface area contributed by atoms with Gasteiger partial charge in [0.25, 0.3) is 11.8 Å². The lowest BCUT2D eigenvalue weighted by molar-refractivity contribution is 0.0558. The second kappa shape index (κ2) is 11.1. The number of carbonyl (C=O) groups excluding carboxylic acids is 3. The number of pyridine rings is 1. The first-order valence-electron chi connectivity index (χ1n) is 12.2. The van der Waals surface area contributed by atoms with Crippen molar-refractivity contribution in [3.63, 3.8) is 0 Å². The maximum Gasteiger partial charge on any atom is 0.431 e. The molecule has 40 heavy (non-hydrogen) atoms. The van der Waals surface area contributed by atoms with Crippen molar-refractivity contribution in [1.82, 2.24) is 14.9 Å². The summed E-state index contributed by atoms with van der Waals surface area (Å²) < 4.78 is 44.8. The zero-order valence-electron chi connectivity index (χ0n) is 21.3. The Morgan fingerprint density at radius 3 is 2.60 bits per heavy atom. The van der Waals surface area contributed by atoms with Crippen molar-refractivity contribution >= 4 is 17.9 Å². The predicted molar refractivity (Wildman–Crippen MR) is 135 cm³/mol. The van der Waals surface area contributed by atoms with Gasteiger partial charge in [0, 0.05) is 31.8 Å². The highest BCUT2D eigenvalue weighted by Gasteiger charge is 2.43. The highest BCUT2D eigenvalue weighted by molar-refractivity contribution is 6.02. The molecule has 0 aliphatic carbocycles. The van der Waals surface area contributed by atoms with Crippen LogP contribution in [0.1, 0.15) is 37.7 Å². The second-order valence-electron chi connectivity index (χ2n) is 8.99. The number of carbonyl (C=O) groups is 3. The summed E-state index contributed by atoms with van der Waals surface area (Å²) in [6, 6.07) is 11.7. The first kappa shape index (κ1) is 26.8. The molecule has 2 aliphatic rings. The Bertz CT molecular complexity index is 1540. The summed E-state index contributed by atoms with van der Waals surface area (Å²) in [6.45, 7) is -0.920. The van der Waals surface area contributed by atoms with Gasteiger partial charge < -0.3 is 24.4 Å². The predicted octanol–water partition coefficient (Wildman–Crippen LogP) is 2.28. The second-order valence-corrected chi connectivity index (χ2v) is 8.99. The van der Waals surface area contributed by atoms with Crippen molar-refractivity contribution in [2.45, 2.75) is 19.8 Å². The van der Waals surface area contributed by atoms with Crippen LogP contribution < -0.4 is 20.5 Å². The topological polar surface area (TPSA) is 119 Å². The number of nitrogens with zero attached hydrogens (tertiary/aromatic N) is 3. The highest BCUT2D eigenvalue weighted by Crippen LogP contribution is 2.29. The summed E-state index contributed by atoms with van der Waals surface area (Å²) in [5.74, 6) is -3.62. The van der Waals surface area contributed by atoms with Crippen LogP contribution in [0, 0.1) is 11.6 Å². The molecule has 5 rings (SSSR count). The number of benzene rings is 2. The molecule has 3 amide bonds. The molecule has 0 atom stereocenters. The molecular formula is C27H24F2N4O7. The molecule has 0 saturated carbocycles. The molecule has 0 saturated heterocycles. The van der Waals surface area contributed by atoms with E-state index in [-0.39, 0.29) is 49.9 Å². The largest absolute Gasteiger partial charge is 0.482 e. The van der Waals surface area contributed by atoms with Gasteiger partial charge in [-0.2, -0.15) is 5.01 Å². The van der Waals surface area contributed by atoms with Crippen LogP contribution in [-0.4, -0.2) is 54.4 Å². The number of hydrogen-bond donors (Lipinski definition) is 1. The van der Waals surface area contributed by atoms with Crippen LogP contribution in [0.2, 0.25) is 0 Å². The van der Waals surface area contributed by atoms with Gasteiger partial charge in [-0.25, -0.2) is 18.3 Å². The van der Waals surface area contributed by atoms with E-state index in [4.69, 9.17) is 14.2 Å². The molecule has 3 aromatic rings. The smallest absolute Gasteiger partial charge is 0.431 e. The van der Waals surface area contributed by atoms with Crippen molar-refractivity contribution in [1.29, 1.82) is 0 Å². The van der Waals surface area contributed by atoms with Crippen LogP contribution >= 0.6 is 0 Å². The summed E-state index contributed by atoms with van der Waals surface area (Å²) in [5.41, 5.74) is -0.969. The van der Waals surface area contributed by atoms with E-state index in [1.807, 2.05) is 0 Å². The van der Waals surface area contributed by atoms with Gasteiger partial charge in [0.05, 0.1) is 12.3 Å². The Morgan fingerprint density at radius 2 is 1.88 bits per heavy atom. The van der Waals surface area contributed by atoms with Crippen LogP contribution in [0.5, 0.6) is 5.75 Å². The maximum absolute atomic E-state index is 14.2. The van der Waals surface area contributed by atoms with Crippen LogP contribution in [0.4, 0.5) is 13.6 Å². The fourth-order valence-electron chi connectivity index (χ4n) is 4.46. The van der Waals surface area contributed by atoms with Crippen molar-refractivity contribution in [2.24, 2.45) is 0 Å². The fraction of sp³-hybridized carbons (Fsp3) is 0.259. The molecule has 2 aromatic carbocycles. The van der Waals surface area contributed by atoms with E-state index in [9.17, 15) is 28.0 Å². The van der Waals surface area contributed by atoms with Crippen LogP contribution in [0.15, 0.2) is 53.3 Å². The molecule has 2 aliphatic heterocycles. The normalized spacial score (nSPS) is 14.1. The van der Waals surface area contributed by atoms with Gasteiger partial charge in [0.1, 0.15) is 37.1 Å². The molecule has 0 fully saturated rings. The zero-order chi connectivity index (χ0) is 28.4. The third-order valence-electron chi connectivity index (χ3n) is 6.46. The van der Waals surface area contributed by atoms with E-state index in [1.165, 1.54) is 22.8 Å². The molecule has 13 heteroatoms. The Hall–Kier alpha value is -4.78. The van der Waals surface area contributed by atoms with Crippen molar-refractivity contribution in [2.75, 3.05) is 31.9 Å². The Balaban J connectivity index is 1.60. The van der Waals surface area contributed by atoms with Crippen LogP contribution in [0.25, 0.3) is 0 Å². The van der Waals surface area contributed by atoms with E-state index in [0.29, 0.717) is 11.6 Å². The molecule has 11 nitrogen and oxygen atoms in total. The van der Waals surface area contributed by atoms with Crippen LogP contribution in [-0.2, 0) is 29.2 Å². The average Bonchev–Trinajstić information content (AvgIpc) is 2.94. The lowest BCUT2D eigenvalue weighted by Gasteiger charge is -2.41. The van der Waals surface area contributed by atoms with Gasteiger partial charge in [-0.3, -0.25) is 14.4 Å². The molecule has 0 spiro atoms. The number of methoxy groups -OCH3 is 1. The number of halogens is 2. The third-order valence-corrected chi connectivity index (χ3v) is 6.46. The van der Waals surface area contributed by atoms with Gasteiger partial charge in [0.15, 0.2) is 11.4 Å². The van der Waals surface area contributed by atoms with Gasteiger partial charge >= 0.3 is 6.09 Å². The van der Waals surface area contributed by atoms with Gasteiger partial charge in [-0.1, -0.05) is 36.4 Å². The molecule has 0 radical (unpaired) electrons. The number of ether oxygens (including phenoxy) is 3. The lowest BCUT2D eigenvalue weighted by atomic mass is 10.1. The summed E-state index contributed by atoms with van der Waals surface area (Å²) in [5, 5.41) is 3.54. The number of amides is 3. The summed E-state index contributed by atoms with van der Waals surface area (Å²) in [6.07, 6.45) is -0.805. The molecule has 208 valence electrons. The molecule has 1 N–H and O–H groups in total. The third kappa shape index (κ3) is 4.98. The lowest BCUT2D eigenvalue weighted by Crippen LogP contribution is -2.60. The molecule has 3 heterocycles. The van der Waals surface area contributed by atoms with E-state index in [2.05, 4.69) is 5.32 Å². The quantitative estimate of drug-likeness (QED) is 0.431. The van der Waals surface area contributed by atoms with E-state index < -0.39 is 52.9 Å². The summed E-state index contributed by atoms with van der Waals surface area (Å²) >= 11 is 0. The molecular weight excluding hydrogens is 530 g/mol. The van der Waals surface area contributed by atoms with Crippen molar-refractivity contribution in [3.05, 3.63) is 98.5 Å². The SMILES string of the molecule is COCCN1CN2C(=O)OCc3c(C(=O)NCc4ccc(F)cc4F)c(=O)c(OCc4ccccc4)c(n32)C1=O. The minimum absolute atomic E-state index is 0.0148. The number of rotatable bonds is 9. The van der Waals surface area contributed by atoms with Crippen molar-refractivity contribution < 1.29 is 37.4 Å². The highest BCUT2D eigenvalue weighted by atomic mass is 19.1. The first-order valence-corrected chi connectivity index (χ1v) is 12.2. The van der Waals surface area contributed by atoms with E-state index in [0.717, 1.165) is 11.1 Å². The van der Waals surface area contributed by atoms with E-state index in [1.54, 1.807) is 30.3 Å². The first-order chi connectivity index (χ1) is 19.3. The molecule has 0 bridgehead atoms. The number of aromatic nitrogens is 1. The number of nitrogens with one attached hydrogen (secondary N) is 1. The number of cyclic esters (lactones) is 1.